The van der Waals surface area contributed by atoms with Gasteiger partial charge in [-0.25, -0.2) is 8.78 Å². The Morgan fingerprint density at radius 1 is 1.13 bits per heavy atom. The number of benzene rings is 2. The third-order valence-corrected chi connectivity index (χ3v) is 5.80. The van der Waals surface area contributed by atoms with Crippen molar-refractivity contribution in [2.75, 3.05) is 18.4 Å². The molecule has 1 N–H and O–H groups in total. The smallest absolute Gasteiger partial charge is 0.227 e. The molecule has 0 bridgehead atoms. The second-order valence-electron chi connectivity index (χ2n) is 7.86. The zero-order valence-corrected chi connectivity index (χ0v) is 16.6. The van der Waals surface area contributed by atoms with Gasteiger partial charge in [0.2, 0.25) is 11.8 Å². The number of nitrogens with one attached hydrogen (secondary N) is 1. The first-order valence-electron chi connectivity index (χ1n) is 10.3. The molecule has 2 aromatic carbocycles. The van der Waals surface area contributed by atoms with E-state index in [-0.39, 0.29) is 29.6 Å². The van der Waals surface area contributed by atoms with Crippen LogP contribution in [0.15, 0.2) is 42.5 Å². The van der Waals surface area contributed by atoms with Crippen LogP contribution in [0.1, 0.15) is 31.2 Å². The minimum atomic E-state index is -0.721. The standard InChI is InChI=1S/C23H24F2N2O3/c24-17-6-7-21(19(25)14-17)30-18-9-11-27(12-10-18)22(28)8-5-16-13-15-3-1-2-4-20(15)26-23(16)29/h1-4,6-7,14,16,18H,5,8-13H2,(H,26,29). The van der Waals surface area contributed by atoms with Crippen molar-refractivity contribution in [3.63, 3.8) is 0 Å². The van der Waals surface area contributed by atoms with E-state index in [9.17, 15) is 18.4 Å². The molecule has 0 saturated carbocycles. The van der Waals surface area contributed by atoms with Crippen molar-refractivity contribution in [1.29, 1.82) is 0 Å². The minimum absolute atomic E-state index is 0.0214. The number of carbonyl (C=O) groups is 2. The van der Waals surface area contributed by atoms with E-state index in [2.05, 4.69) is 5.32 Å². The van der Waals surface area contributed by atoms with Gasteiger partial charge in [0.05, 0.1) is 0 Å². The number of likely N-dealkylation sites (tertiary alicyclic amines) is 1. The quantitative estimate of drug-likeness (QED) is 0.807. The zero-order valence-electron chi connectivity index (χ0n) is 16.6. The van der Waals surface area contributed by atoms with Crippen LogP contribution in [0.2, 0.25) is 0 Å². The highest BCUT2D eigenvalue weighted by Crippen LogP contribution is 2.28. The fourth-order valence-electron chi connectivity index (χ4n) is 4.08. The minimum Gasteiger partial charge on any atom is -0.487 e. The SMILES string of the molecule is O=C1Nc2ccccc2CC1CCC(=O)N1CCC(Oc2ccc(F)cc2F)CC1. The number of fused-ring (bicyclic) bond motifs is 1. The largest absolute Gasteiger partial charge is 0.487 e. The highest BCUT2D eigenvalue weighted by Gasteiger charge is 2.29. The van der Waals surface area contributed by atoms with E-state index in [4.69, 9.17) is 4.74 Å². The summed E-state index contributed by atoms with van der Waals surface area (Å²) in [6.07, 6.45) is 2.43. The number of nitrogens with zero attached hydrogens (tertiary/aromatic N) is 1. The fraction of sp³-hybridized carbons (Fsp3) is 0.391. The van der Waals surface area contributed by atoms with Gasteiger partial charge in [-0.15, -0.1) is 0 Å². The predicted molar refractivity (Wildman–Crippen MR) is 108 cm³/mol. The summed E-state index contributed by atoms with van der Waals surface area (Å²) in [6.45, 7) is 1.04. The molecule has 0 aliphatic carbocycles. The first-order chi connectivity index (χ1) is 14.5. The summed E-state index contributed by atoms with van der Waals surface area (Å²) < 4.78 is 32.4. The Kier molecular flexibility index (Phi) is 5.97. The number of piperidine rings is 1. The van der Waals surface area contributed by atoms with E-state index in [0.717, 1.165) is 23.4 Å². The van der Waals surface area contributed by atoms with Crippen molar-refractivity contribution in [3.05, 3.63) is 59.7 Å². The number of rotatable bonds is 5. The second-order valence-corrected chi connectivity index (χ2v) is 7.86. The summed E-state index contributed by atoms with van der Waals surface area (Å²) in [5, 5.41) is 2.92. The van der Waals surface area contributed by atoms with Crippen molar-refractivity contribution in [2.24, 2.45) is 5.92 Å². The molecule has 1 atom stereocenters. The molecule has 2 amide bonds. The molecule has 5 nitrogen and oxygen atoms in total. The lowest BCUT2D eigenvalue weighted by Crippen LogP contribution is -2.42. The van der Waals surface area contributed by atoms with Gasteiger partial charge in [0.1, 0.15) is 11.9 Å². The lowest BCUT2D eigenvalue weighted by atomic mass is 9.89. The van der Waals surface area contributed by atoms with Gasteiger partial charge in [-0.05, 0) is 36.6 Å². The third-order valence-electron chi connectivity index (χ3n) is 5.80. The highest BCUT2D eigenvalue weighted by atomic mass is 19.1. The number of carbonyl (C=O) groups excluding carboxylic acids is 2. The summed E-state index contributed by atoms with van der Waals surface area (Å²) in [4.78, 5) is 26.7. The molecule has 1 unspecified atom stereocenters. The van der Waals surface area contributed by atoms with Crippen LogP contribution in [0.4, 0.5) is 14.5 Å². The lowest BCUT2D eigenvalue weighted by Gasteiger charge is -2.33. The molecule has 4 rings (SSSR count). The normalized spacial score (nSPS) is 19.2. The van der Waals surface area contributed by atoms with Crippen LogP contribution in [0.25, 0.3) is 0 Å². The number of halogens is 2. The van der Waals surface area contributed by atoms with Crippen LogP contribution in [-0.2, 0) is 16.0 Å². The van der Waals surface area contributed by atoms with Crippen LogP contribution in [0, 0.1) is 17.6 Å². The molecule has 2 aromatic rings. The van der Waals surface area contributed by atoms with Gasteiger partial charge in [-0.3, -0.25) is 9.59 Å². The average molecular weight is 414 g/mol. The van der Waals surface area contributed by atoms with E-state index < -0.39 is 11.6 Å². The average Bonchev–Trinajstić information content (AvgIpc) is 2.74. The van der Waals surface area contributed by atoms with Crippen molar-refractivity contribution in [2.45, 2.75) is 38.2 Å². The van der Waals surface area contributed by atoms with Gasteiger partial charge >= 0.3 is 0 Å². The predicted octanol–water partition coefficient (Wildman–Crippen LogP) is 3.93. The Hall–Kier alpha value is -2.96. The number of amides is 2. The summed E-state index contributed by atoms with van der Waals surface area (Å²) >= 11 is 0. The van der Waals surface area contributed by atoms with Crippen molar-refractivity contribution >= 4 is 17.5 Å². The third kappa shape index (κ3) is 4.61. The Bertz CT molecular complexity index is 942. The molecule has 30 heavy (non-hydrogen) atoms. The molecule has 2 aliphatic rings. The van der Waals surface area contributed by atoms with Gasteiger partial charge in [0.15, 0.2) is 11.6 Å². The molecule has 2 heterocycles. The molecular weight excluding hydrogens is 390 g/mol. The van der Waals surface area contributed by atoms with Gasteiger partial charge in [-0.1, -0.05) is 18.2 Å². The number of hydrogen-bond donors (Lipinski definition) is 1. The molecule has 2 aliphatic heterocycles. The second kappa shape index (κ2) is 8.81. The molecular formula is C23H24F2N2O3. The molecule has 0 radical (unpaired) electrons. The Balaban J connectivity index is 1.24. The van der Waals surface area contributed by atoms with Gasteiger partial charge in [-0.2, -0.15) is 0 Å². The summed E-state index contributed by atoms with van der Waals surface area (Å²) in [7, 11) is 0. The van der Waals surface area contributed by atoms with Crippen LogP contribution in [-0.4, -0.2) is 35.9 Å². The maximum Gasteiger partial charge on any atom is 0.227 e. The van der Waals surface area contributed by atoms with E-state index in [1.54, 1.807) is 4.90 Å². The highest BCUT2D eigenvalue weighted by molar-refractivity contribution is 5.96. The monoisotopic (exact) mass is 414 g/mol. The first-order valence-corrected chi connectivity index (χ1v) is 10.3. The summed E-state index contributed by atoms with van der Waals surface area (Å²) in [6, 6.07) is 11.0. The summed E-state index contributed by atoms with van der Waals surface area (Å²) in [5.74, 6) is -1.55. The van der Waals surface area contributed by atoms with E-state index in [1.165, 1.54) is 6.07 Å². The van der Waals surface area contributed by atoms with E-state index in [0.29, 0.717) is 45.2 Å². The Morgan fingerprint density at radius 3 is 2.67 bits per heavy atom. The zero-order chi connectivity index (χ0) is 21.1. The number of anilines is 1. The molecule has 0 aromatic heterocycles. The van der Waals surface area contributed by atoms with Crippen LogP contribution < -0.4 is 10.1 Å². The Labute approximate surface area is 174 Å². The molecule has 0 spiro atoms. The summed E-state index contributed by atoms with van der Waals surface area (Å²) in [5.41, 5.74) is 1.95. The number of para-hydroxylation sites is 1. The van der Waals surface area contributed by atoms with Crippen LogP contribution >= 0.6 is 0 Å². The van der Waals surface area contributed by atoms with Crippen molar-refractivity contribution < 1.29 is 23.1 Å². The first kappa shape index (κ1) is 20.3. The number of hydrogen-bond acceptors (Lipinski definition) is 3. The maximum atomic E-state index is 13.7. The van der Waals surface area contributed by atoms with Gasteiger partial charge in [0, 0.05) is 50.0 Å². The topological polar surface area (TPSA) is 58.6 Å². The Morgan fingerprint density at radius 2 is 1.90 bits per heavy atom. The molecule has 158 valence electrons. The van der Waals surface area contributed by atoms with Gasteiger partial charge < -0.3 is 15.0 Å². The lowest BCUT2D eigenvalue weighted by molar-refractivity contribution is -0.133. The van der Waals surface area contributed by atoms with Gasteiger partial charge in [0.25, 0.3) is 0 Å². The van der Waals surface area contributed by atoms with Crippen LogP contribution in [0.3, 0.4) is 0 Å². The van der Waals surface area contributed by atoms with Crippen LogP contribution in [0.5, 0.6) is 5.75 Å². The van der Waals surface area contributed by atoms with E-state index >= 15 is 0 Å². The maximum absolute atomic E-state index is 13.7. The number of ether oxygens (including phenoxy) is 1. The molecule has 1 saturated heterocycles. The van der Waals surface area contributed by atoms with E-state index in [1.807, 2.05) is 24.3 Å². The fourth-order valence-corrected chi connectivity index (χ4v) is 4.08. The van der Waals surface area contributed by atoms with Crippen molar-refractivity contribution in [3.8, 4) is 5.75 Å². The molecule has 1 fully saturated rings. The van der Waals surface area contributed by atoms with Crippen molar-refractivity contribution in [1.82, 2.24) is 4.90 Å². The molecule has 7 heteroatoms.